The van der Waals surface area contributed by atoms with Gasteiger partial charge in [0.05, 0.1) is 0 Å². The van der Waals surface area contributed by atoms with Crippen LogP contribution in [0.2, 0.25) is 0 Å². The average Bonchev–Trinajstić information content (AvgIpc) is 3.18. The van der Waals surface area contributed by atoms with Crippen molar-refractivity contribution in [2.45, 2.75) is 18.9 Å². The maximum atomic E-state index is 3.45. The minimum absolute atomic E-state index is 0.675. The molecule has 0 bridgehead atoms. The van der Waals surface area contributed by atoms with E-state index < -0.39 is 0 Å². The summed E-state index contributed by atoms with van der Waals surface area (Å²) in [6.07, 6.45) is 2.83. The minimum Gasteiger partial charge on any atom is -0.314 e. The summed E-state index contributed by atoms with van der Waals surface area (Å²) in [4.78, 5) is 2.68. The molecule has 1 saturated heterocycles. The molecule has 2 aliphatic rings. The van der Waals surface area contributed by atoms with E-state index in [2.05, 4.69) is 57.1 Å². The summed E-state index contributed by atoms with van der Waals surface area (Å²) in [5.41, 5.74) is 1.52. The van der Waals surface area contributed by atoms with Crippen LogP contribution in [-0.2, 0) is 0 Å². The first-order valence-corrected chi connectivity index (χ1v) is 7.63. The zero-order chi connectivity index (χ0) is 11.7. The van der Waals surface area contributed by atoms with Crippen LogP contribution in [0.1, 0.15) is 24.4 Å². The second-order valence-electron chi connectivity index (χ2n) is 5.12. The van der Waals surface area contributed by atoms with Crippen LogP contribution in [0.15, 0.2) is 24.3 Å². The van der Waals surface area contributed by atoms with Crippen LogP contribution in [0.3, 0.4) is 0 Å². The molecule has 0 radical (unpaired) electrons. The molecular formula is C14H19IN2. The van der Waals surface area contributed by atoms with Gasteiger partial charge in [-0.15, -0.1) is 0 Å². The van der Waals surface area contributed by atoms with Crippen LogP contribution in [-0.4, -0.2) is 31.1 Å². The van der Waals surface area contributed by atoms with Gasteiger partial charge in [0.1, 0.15) is 0 Å². The Balaban J connectivity index is 1.81. The van der Waals surface area contributed by atoms with Crippen molar-refractivity contribution in [1.29, 1.82) is 0 Å². The third kappa shape index (κ3) is 2.83. The van der Waals surface area contributed by atoms with Gasteiger partial charge in [-0.25, -0.2) is 0 Å². The van der Waals surface area contributed by atoms with Crippen molar-refractivity contribution in [2.75, 3.05) is 26.2 Å². The fraction of sp³-hybridized carbons (Fsp3) is 0.571. The zero-order valence-electron chi connectivity index (χ0n) is 10.0. The largest absolute Gasteiger partial charge is 0.314 e. The molecule has 1 saturated carbocycles. The highest BCUT2D eigenvalue weighted by Gasteiger charge is 2.36. The van der Waals surface area contributed by atoms with E-state index in [9.17, 15) is 0 Å². The van der Waals surface area contributed by atoms with Gasteiger partial charge in [-0.1, -0.05) is 12.1 Å². The maximum absolute atomic E-state index is 3.45. The fourth-order valence-corrected chi connectivity index (χ4v) is 3.17. The SMILES string of the molecule is Ic1ccc([C@@H](C2CC2)N2CCNCC2)cc1. The van der Waals surface area contributed by atoms with Gasteiger partial charge in [-0.3, -0.25) is 4.90 Å². The summed E-state index contributed by atoms with van der Waals surface area (Å²) in [5, 5.41) is 3.45. The lowest BCUT2D eigenvalue weighted by molar-refractivity contribution is 0.156. The van der Waals surface area contributed by atoms with Gasteiger partial charge < -0.3 is 5.32 Å². The van der Waals surface area contributed by atoms with Crippen LogP contribution >= 0.6 is 22.6 Å². The van der Waals surface area contributed by atoms with Gasteiger partial charge in [0.2, 0.25) is 0 Å². The summed E-state index contributed by atoms with van der Waals surface area (Å²) in [6, 6.07) is 9.81. The van der Waals surface area contributed by atoms with Crippen molar-refractivity contribution < 1.29 is 0 Å². The molecule has 1 aromatic rings. The number of nitrogens with zero attached hydrogens (tertiary/aromatic N) is 1. The highest BCUT2D eigenvalue weighted by molar-refractivity contribution is 14.1. The molecule has 1 aliphatic heterocycles. The molecule has 3 heteroatoms. The Morgan fingerprint density at radius 2 is 1.76 bits per heavy atom. The normalized spacial score (nSPS) is 23.6. The van der Waals surface area contributed by atoms with Crippen molar-refractivity contribution in [1.82, 2.24) is 10.2 Å². The van der Waals surface area contributed by atoms with Crippen molar-refractivity contribution >= 4 is 22.6 Å². The lowest BCUT2D eigenvalue weighted by Gasteiger charge is -2.35. The molecule has 92 valence electrons. The molecule has 0 amide bonds. The van der Waals surface area contributed by atoms with Gasteiger partial charge in [0, 0.05) is 35.8 Å². The Labute approximate surface area is 117 Å². The smallest absolute Gasteiger partial charge is 0.0377 e. The van der Waals surface area contributed by atoms with Crippen LogP contribution in [0.4, 0.5) is 0 Å². The lowest BCUT2D eigenvalue weighted by atomic mass is 10.00. The number of hydrogen-bond acceptors (Lipinski definition) is 2. The van der Waals surface area contributed by atoms with Crippen LogP contribution in [0, 0.1) is 9.49 Å². The van der Waals surface area contributed by atoms with Crippen LogP contribution in [0.5, 0.6) is 0 Å². The number of rotatable bonds is 3. The summed E-state index contributed by atoms with van der Waals surface area (Å²) < 4.78 is 1.33. The third-order valence-corrected chi connectivity index (χ3v) is 4.54. The van der Waals surface area contributed by atoms with E-state index >= 15 is 0 Å². The van der Waals surface area contributed by atoms with Gasteiger partial charge >= 0.3 is 0 Å². The second-order valence-corrected chi connectivity index (χ2v) is 6.37. The molecule has 3 rings (SSSR count). The number of benzene rings is 1. The first-order valence-electron chi connectivity index (χ1n) is 6.55. The Morgan fingerprint density at radius 3 is 2.35 bits per heavy atom. The predicted molar refractivity (Wildman–Crippen MR) is 79.1 cm³/mol. The van der Waals surface area contributed by atoms with Crippen molar-refractivity contribution in [3.63, 3.8) is 0 Å². The Morgan fingerprint density at radius 1 is 1.12 bits per heavy atom. The van der Waals surface area contributed by atoms with E-state index in [4.69, 9.17) is 0 Å². The Kier molecular flexibility index (Phi) is 3.68. The van der Waals surface area contributed by atoms with E-state index in [1.54, 1.807) is 0 Å². The Hall–Kier alpha value is -0.130. The van der Waals surface area contributed by atoms with E-state index in [1.807, 2.05) is 0 Å². The number of halogens is 1. The summed E-state index contributed by atoms with van der Waals surface area (Å²) in [5.74, 6) is 0.910. The van der Waals surface area contributed by atoms with Crippen LogP contribution < -0.4 is 5.32 Å². The molecule has 0 aromatic heterocycles. The average molecular weight is 342 g/mol. The monoisotopic (exact) mass is 342 g/mol. The summed E-state index contributed by atoms with van der Waals surface area (Å²) in [6.45, 7) is 4.70. The Bertz CT molecular complexity index is 366. The molecule has 1 heterocycles. The first kappa shape index (κ1) is 11.9. The van der Waals surface area contributed by atoms with E-state index in [-0.39, 0.29) is 0 Å². The zero-order valence-corrected chi connectivity index (χ0v) is 12.2. The topological polar surface area (TPSA) is 15.3 Å². The number of piperazine rings is 1. The highest BCUT2D eigenvalue weighted by Crippen LogP contribution is 2.44. The molecule has 2 nitrogen and oxygen atoms in total. The van der Waals surface area contributed by atoms with Gasteiger partial charge in [-0.2, -0.15) is 0 Å². The molecule has 1 atom stereocenters. The van der Waals surface area contributed by atoms with Crippen molar-refractivity contribution in [3.05, 3.63) is 33.4 Å². The van der Waals surface area contributed by atoms with Crippen molar-refractivity contribution in [2.24, 2.45) is 5.92 Å². The molecule has 0 unspecified atom stereocenters. The molecule has 1 N–H and O–H groups in total. The lowest BCUT2D eigenvalue weighted by Crippen LogP contribution is -2.45. The number of nitrogens with one attached hydrogen (secondary N) is 1. The quantitative estimate of drug-likeness (QED) is 0.850. The van der Waals surface area contributed by atoms with Gasteiger partial charge in [0.25, 0.3) is 0 Å². The molecule has 1 aliphatic carbocycles. The standard InChI is InChI=1S/C14H19IN2/c15-13-5-3-12(4-6-13)14(11-1-2-11)17-9-7-16-8-10-17/h3-6,11,14,16H,1-2,7-10H2/t14-/m1/s1. The van der Waals surface area contributed by atoms with E-state index in [0.717, 1.165) is 19.0 Å². The summed E-state index contributed by atoms with van der Waals surface area (Å²) in [7, 11) is 0. The third-order valence-electron chi connectivity index (χ3n) is 3.83. The molecule has 17 heavy (non-hydrogen) atoms. The summed E-state index contributed by atoms with van der Waals surface area (Å²) >= 11 is 2.38. The fourth-order valence-electron chi connectivity index (χ4n) is 2.81. The van der Waals surface area contributed by atoms with E-state index in [0.29, 0.717) is 6.04 Å². The van der Waals surface area contributed by atoms with Gasteiger partial charge in [-0.05, 0) is 59.0 Å². The minimum atomic E-state index is 0.675. The second kappa shape index (κ2) is 5.24. The molecule has 0 spiro atoms. The van der Waals surface area contributed by atoms with Gasteiger partial charge in [0.15, 0.2) is 0 Å². The molecule has 1 aromatic carbocycles. The van der Waals surface area contributed by atoms with E-state index in [1.165, 1.54) is 35.1 Å². The van der Waals surface area contributed by atoms with Crippen LogP contribution in [0.25, 0.3) is 0 Å². The molecular weight excluding hydrogens is 323 g/mol. The van der Waals surface area contributed by atoms with Crippen molar-refractivity contribution in [3.8, 4) is 0 Å². The first-order chi connectivity index (χ1) is 8.34. The highest BCUT2D eigenvalue weighted by atomic mass is 127. The predicted octanol–water partition coefficient (Wildman–Crippen LogP) is 2.65. The maximum Gasteiger partial charge on any atom is 0.0377 e. The number of hydrogen-bond donors (Lipinski definition) is 1. The molecule has 2 fully saturated rings.